The lowest BCUT2D eigenvalue weighted by Gasteiger charge is -2.30. The molecule has 7 rings (SSSR count). The molecule has 3 aromatic carbocycles. The Morgan fingerprint density at radius 3 is 1.62 bits per heavy atom. The molecule has 0 bridgehead atoms. The number of esters is 1. The number of hydrogen-bond donors (Lipinski definition) is 2. The van der Waals surface area contributed by atoms with Crippen molar-refractivity contribution >= 4 is 16.1 Å². The van der Waals surface area contributed by atoms with Crippen LogP contribution in [0.5, 0.6) is 0 Å². The Morgan fingerprint density at radius 2 is 1.16 bits per heavy atom. The minimum absolute atomic E-state index is 0.230. The standard InChI is InChI=1S/C24H28O9S.C16H22O6/c1-24(2)31-21-20(28-14-16-10-6-4-7-11-16)19(30-23(21)32-24)18(33-34(3,26)27)15-29-22(25)17-12-8-5-9-13-17;1-16(2)21-14-13(19-9-10-6-4-3-5-7-10)12(11(18)8-17)20-15(14)22-16/h4-13,18-21,23H,14-15H2,1-3H3;3-7,11-15,17-18H,8-9H2,1-2H3/t18-,19-,20?,21+,23-;11-,12-,13?,14+,15-/m11/s1. The number of rotatable bonds is 14. The molecule has 0 spiro atoms. The second-order valence-electron chi connectivity index (χ2n) is 14.7. The normalized spacial score (nSPS) is 29.8. The number of carbonyl (C=O) groups is 1. The summed E-state index contributed by atoms with van der Waals surface area (Å²) in [5, 5.41) is 19.1. The van der Waals surface area contributed by atoms with Crippen molar-refractivity contribution in [1.29, 1.82) is 0 Å². The SMILES string of the molecule is CC1(C)O[C@H]2O[C@H]([C@@H](COC(=O)c3ccccc3)OS(C)(=O)=O)C(OCc3ccccc3)[C@@H]2O1.CC1(C)O[C@H]2O[C@H]([C@H](O)CO)C(OCc3ccccc3)[C@@H]2O1. The van der Waals surface area contributed by atoms with Gasteiger partial charge in [-0.3, -0.25) is 4.18 Å². The van der Waals surface area contributed by atoms with Crippen molar-refractivity contribution in [2.45, 2.75) is 114 Å². The molecule has 16 heteroatoms. The van der Waals surface area contributed by atoms with Crippen molar-refractivity contribution in [2.75, 3.05) is 19.5 Å². The van der Waals surface area contributed by atoms with Gasteiger partial charge in [0.25, 0.3) is 10.1 Å². The first-order valence-electron chi connectivity index (χ1n) is 18.3. The van der Waals surface area contributed by atoms with Crippen LogP contribution in [-0.4, -0.2) is 117 Å². The molecule has 0 radical (unpaired) electrons. The molecule has 4 aliphatic heterocycles. The van der Waals surface area contributed by atoms with Crippen LogP contribution in [0.25, 0.3) is 0 Å². The number of carbonyl (C=O) groups excluding carboxylic acids is 1. The number of ether oxygens (including phenoxy) is 9. The highest BCUT2D eigenvalue weighted by molar-refractivity contribution is 7.86. The van der Waals surface area contributed by atoms with E-state index < -0.39 is 95.7 Å². The zero-order valence-electron chi connectivity index (χ0n) is 31.9. The molecule has 4 fully saturated rings. The van der Waals surface area contributed by atoms with Gasteiger partial charge in [-0.05, 0) is 51.0 Å². The summed E-state index contributed by atoms with van der Waals surface area (Å²) in [7, 11) is -3.92. The third-order valence-corrected chi connectivity index (χ3v) is 9.84. The van der Waals surface area contributed by atoms with Gasteiger partial charge in [0.15, 0.2) is 24.2 Å². The Labute approximate surface area is 326 Å². The van der Waals surface area contributed by atoms with E-state index in [9.17, 15) is 23.4 Å². The van der Waals surface area contributed by atoms with Crippen LogP contribution in [0.4, 0.5) is 0 Å². The third kappa shape index (κ3) is 11.0. The smallest absolute Gasteiger partial charge is 0.338 e. The number of benzene rings is 3. The summed E-state index contributed by atoms with van der Waals surface area (Å²) >= 11 is 0. The quantitative estimate of drug-likeness (QED) is 0.178. The van der Waals surface area contributed by atoms with Gasteiger partial charge in [0, 0.05) is 0 Å². The maximum absolute atomic E-state index is 12.5. The first-order chi connectivity index (χ1) is 26.6. The summed E-state index contributed by atoms with van der Waals surface area (Å²) in [6, 6.07) is 27.6. The molecule has 15 nitrogen and oxygen atoms in total. The van der Waals surface area contributed by atoms with Gasteiger partial charge in [-0.2, -0.15) is 8.42 Å². The Kier molecular flexibility index (Phi) is 13.6. The van der Waals surface area contributed by atoms with Crippen molar-refractivity contribution in [3.8, 4) is 0 Å². The molecular formula is C40H50O15S. The van der Waals surface area contributed by atoms with E-state index in [0.717, 1.165) is 17.4 Å². The van der Waals surface area contributed by atoms with Crippen molar-refractivity contribution in [3.63, 3.8) is 0 Å². The number of aliphatic hydroxyl groups is 2. The Bertz CT molecular complexity index is 1810. The highest BCUT2D eigenvalue weighted by atomic mass is 32.2. The van der Waals surface area contributed by atoms with Crippen molar-refractivity contribution in [2.24, 2.45) is 0 Å². The summed E-state index contributed by atoms with van der Waals surface area (Å²) in [4.78, 5) is 12.5. The molecule has 0 saturated carbocycles. The van der Waals surface area contributed by atoms with Crippen molar-refractivity contribution in [3.05, 3.63) is 108 Å². The molecule has 2 N–H and O–H groups in total. The van der Waals surface area contributed by atoms with Crippen molar-refractivity contribution < 1.29 is 70.2 Å². The fourth-order valence-electron chi connectivity index (χ4n) is 6.85. The van der Waals surface area contributed by atoms with Crippen molar-refractivity contribution in [1.82, 2.24) is 0 Å². The fourth-order valence-corrected chi connectivity index (χ4v) is 7.47. The topological polar surface area (TPSA) is 184 Å². The Morgan fingerprint density at radius 1 is 0.714 bits per heavy atom. The van der Waals surface area contributed by atoms with Gasteiger partial charge >= 0.3 is 5.97 Å². The zero-order valence-corrected chi connectivity index (χ0v) is 32.7. The van der Waals surface area contributed by atoms with E-state index in [1.807, 2.05) is 60.7 Å². The molecule has 3 aromatic rings. The summed E-state index contributed by atoms with van der Waals surface area (Å²) in [5.41, 5.74) is 2.26. The zero-order chi connectivity index (χ0) is 40.1. The molecule has 4 aliphatic rings. The van der Waals surface area contributed by atoms with Gasteiger partial charge in [-0.25, -0.2) is 4.79 Å². The fraction of sp³-hybridized carbons (Fsp3) is 0.525. The lowest BCUT2D eigenvalue weighted by molar-refractivity contribution is -0.232. The predicted molar refractivity (Wildman–Crippen MR) is 197 cm³/mol. The van der Waals surface area contributed by atoms with Crippen LogP contribution in [0.1, 0.15) is 49.2 Å². The van der Waals surface area contributed by atoms with E-state index in [4.69, 9.17) is 46.8 Å². The molecular weight excluding hydrogens is 752 g/mol. The van der Waals surface area contributed by atoms with Crippen LogP contribution in [0.2, 0.25) is 0 Å². The maximum atomic E-state index is 12.5. The molecule has 4 saturated heterocycles. The Hall–Kier alpha value is -3.36. The average molecular weight is 803 g/mol. The highest BCUT2D eigenvalue weighted by Gasteiger charge is 2.59. The number of aliphatic hydroxyl groups excluding tert-OH is 2. The first kappa shape index (κ1) is 42.3. The van der Waals surface area contributed by atoms with E-state index in [0.29, 0.717) is 12.2 Å². The van der Waals surface area contributed by atoms with E-state index in [2.05, 4.69) is 0 Å². The van der Waals surface area contributed by atoms with Crippen LogP contribution in [0, 0.1) is 0 Å². The maximum Gasteiger partial charge on any atom is 0.338 e. The molecule has 0 aliphatic carbocycles. The van der Waals surface area contributed by atoms with E-state index in [1.165, 1.54) is 0 Å². The van der Waals surface area contributed by atoms with Gasteiger partial charge in [0.05, 0.1) is 31.6 Å². The molecule has 306 valence electrons. The van der Waals surface area contributed by atoms with Gasteiger partial charge in [-0.15, -0.1) is 0 Å². The molecule has 10 atom stereocenters. The average Bonchev–Trinajstić information content (AvgIpc) is 3.86. The molecule has 56 heavy (non-hydrogen) atoms. The summed E-state index contributed by atoms with van der Waals surface area (Å²) in [5.74, 6) is -2.27. The largest absolute Gasteiger partial charge is 0.459 e. The van der Waals surface area contributed by atoms with Crippen LogP contribution < -0.4 is 0 Å². The van der Waals surface area contributed by atoms with Gasteiger partial charge in [0.2, 0.25) is 0 Å². The second-order valence-corrected chi connectivity index (χ2v) is 16.3. The number of fused-ring (bicyclic) bond motifs is 2. The molecule has 2 unspecified atom stereocenters. The van der Waals surface area contributed by atoms with Crippen LogP contribution >= 0.6 is 0 Å². The lowest BCUT2D eigenvalue weighted by Crippen LogP contribution is -2.46. The minimum atomic E-state index is -3.92. The predicted octanol–water partition coefficient (Wildman–Crippen LogP) is 3.45. The van der Waals surface area contributed by atoms with Gasteiger partial charge in [-0.1, -0.05) is 78.9 Å². The summed E-state index contributed by atoms with van der Waals surface area (Å²) < 4.78 is 81.8. The van der Waals surface area contributed by atoms with Gasteiger partial charge < -0.3 is 52.8 Å². The monoisotopic (exact) mass is 802 g/mol. The van der Waals surface area contributed by atoms with Crippen LogP contribution in [-0.2, 0) is 70.1 Å². The van der Waals surface area contributed by atoms with E-state index in [1.54, 1.807) is 58.0 Å². The van der Waals surface area contributed by atoms with E-state index in [-0.39, 0.29) is 13.2 Å². The summed E-state index contributed by atoms with van der Waals surface area (Å²) in [6.45, 7) is 6.94. The highest BCUT2D eigenvalue weighted by Crippen LogP contribution is 2.41. The molecule has 0 amide bonds. The molecule has 4 heterocycles. The minimum Gasteiger partial charge on any atom is -0.459 e. The Balaban J connectivity index is 0.000000208. The van der Waals surface area contributed by atoms with Crippen LogP contribution in [0.15, 0.2) is 91.0 Å². The van der Waals surface area contributed by atoms with Gasteiger partial charge in [0.1, 0.15) is 55.4 Å². The lowest BCUT2D eigenvalue weighted by atomic mass is 10.1. The van der Waals surface area contributed by atoms with Crippen LogP contribution in [0.3, 0.4) is 0 Å². The number of hydrogen-bond acceptors (Lipinski definition) is 15. The molecule has 0 aromatic heterocycles. The van der Waals surface area contributed by atoms with E-state index >= 15 is 0 Å². The second kappa shape index (κ2) is 18.1. The summed E-state index contributed by atoms with van der Waals surface area (Å²) in [6.07, 6.45) is -6.60. The third-order valence-electron chi connectivity index (χ3n) is 9.24. The first-order valence-corrected chi connectivity index (χ1v) is 20.2.